The zero-order valence-electron chi connectivity index (χ0n) is 18.4. The molecule has 0 amide bonds. The van der Waals surface area contributed by atoms with Crippen molar-refractivity contribution in [1.82, 2.24) is 0 Å². The van der Waals surface area contributed by atoms with E-state index >= 15 is 0 Å². The fourth-order valence-corrected chi connectivity index (χ4v) is 5.46. The summed E-state index contributed by atoms with van der Waals surface area (Å²) in [5.74, 6) is 1.38. The first-order chi connectivity index (χ1) is 12.7. The van der Waals surface area contributed by atoms with E-state index in [9.17, 15) is 5.11 Å². The van der Waals surface area contributed by atoms with Crippen LogP contribution in [0.4, 0.5) is 5.69 Å². The summed E-state index contributed by atoms with van der Waals surface area (Å²) in [5, 5.41) is 10.8. The van der Waals surface area contributed by atoms with Gasteiger partial charge >= 0.3 is 0 Å². The number of β-amino-alcohol motifs (C(OH)–C–C–N with tert-alkyl or cyclic N) is 1. The Hall–Kier alpha value is -0.670. The zero-order valence-corrected chi connectivity index (χ0v) is 19.2. The average Bonchev–Trinajstić information content (AvgIpc) is 2.60. The second-order valence-electron chi connectivity index (χ2n) is 9.62. The van der Waals surface area contributed by atoms with Gasteiger partial charge in [-0.25, -0.2) is 0 Å². The fraction of sp³-hybridized carbons (Fsp3) is 0.750. The summed E-state index contributed by atoms with van der Waals surface area (Å²) in [5.41, 5.74) is 2.81. The summed E-state index contributed by atoms with van der Waals surface area (Å²) in [7, 11) is 0. The first-order valence-corrected chi connectivity index (χ1v) is 11.8. The molecule has 0 spiro atoms. The molecule has 0 fully saturated rings. The number of benzene rings is 1. The van der Waals surface area contributed by atoms with Crippen molar-refractivity contribution in [2.75, 3.05) is 17.2 Å². The molecule has 3 heteroatoms. The molecule has 2 rings (SSSR count). The Morgan fingerprint density at radius 1 is 1.22 bits per heavy atom. The van der Waals surface area contributed by atoms with Crippen molar-refractivity contribution in [2.24, 2.45) is 0 Å². The number of aliphatic hydroxyl groups excluding tert-OH is 1. The van der Waals surface area contributed by atoms with Gasteiger partial charge in [0.15, 0.2) is 0 Å². The van der Waals surface area contributed by atoms with Crippen LogP contribution in [0.25, 0.3) is 0 Å². The molecule has 0 bridgehead atoms. The van der Waals surface area contributed by atoms with Crippen LogP contribution in [0.3, 0.4) is 0 Å². The lowest BCUT2D eigenvalue weighted by Crippen LogP contribution is -2.51. The number of hydrogen-bond donors (Lipinski definition) is 1. The zero-order chi connectivity index (χ0) is 20.1. The van der Waals surface area contributed by atoms with Crippen molar-refractivity contribution >= 4 is 17.4 Å². The highest BCUT2D eigenvalue weighted by atomic mass is 32.2. The van der Waals surface area contributed by atoms with Crippen molar-refractivity contribution in [2.45, 2.75) is 102 Å². The van der Waals surface area contributed by atoms with Gasteiger partial charge in [-0.2, -0.15) is 11.8 Å². The van der Waals surface area contributed by atoms with Crippen molar-refractivity contribution in [1.29, 1.82) is 0 Å². The highest BCUT2D eigenvalue weighted by Gasteiger charge is 2.37. The van der Waals surface area contributed by atoms with E-state index < -0.39 is 0 Å². The highest BCUT2D eigenvalue weighted by molar-refractivity contribution is 8.00. The topological polar surface area (TPSA) is 23.5 Å². The molecule has 1 aromatic carbocycles. The van der Waals surface area contributed by atoms with Gasteiger partial charge < -0.3 is 10.0 Å². The highest BCUT2D eigenvalue weighted by Crippen LogP contribution is 2.43. The predicted molar refractivity (Wildman–Crippen MR) is 122 cm³/mol. The third-order valence-electron chi connectivity index (χ3n) is 5.99. The standard InChI is InChI=1S/C24H41NOS/c1-7-8-9-12-15-24(5,6)27-18-20(26)17-25-22-14-11-10-13-21(22)19(2)16-23(25,3)4/h10-11,13-14,19-20,26H,7-9,12,15-18H2,1-6H3. The van der Waals surface area contributed by atoms with Gasteiger partial charge in [-0.3, -0.25) is 0 Å². The van der Waals surface area contributed by atoms with Crippen molar-refractivity contribution in [3.63, 3.8) is 0 Å². The van der Waals surface area contributed by atoms with E-state index in [1.807, 2.05) is 11.8 Å². The smallest absolute Gasteiger partial charge is 0.0805 e. The molecule has 0 saturated heterocycles. The van der Waals surface area contributed by atoms with E-state index in [0.29, 0.717) is 5.92 Å². The second kappa shape index (κ2) is 9.69. The molecule has 154 valence electrons. The largest absolute Gasteiger partial charge is 0.390 e. The molecule has 0 aliphatic carbocycles. The summed E-state index contributed by atoms with van der Waals surface area (Å²) in [6, 6.07) is 8.74. The van der Waals surface area contributed by atoms with Gasteiger partial charge in [-0.15, -0.1) is 0 Å². The molecule has 0 saturated carbocycles. The van der Waals surface area contributed by atoms with E-state index in [0.717, 1.165) is 18.7 Å². The number of aliphatic hydroxyl groups is 1. The Morgan fingerprint density at radius 3 is 2.63 bits per heavy atom. The van der Waals surface area contributed by atoms with E-state index in [2.05, 4.69) is 70.7 Å². The van der Waals surface area contributed by atoms with Crippen molar-refractivity contribution < 1.29 is 5.11 Å². The van der Waals surface area contributed by atoms with E-state index in [4.69, 9.17) is 0 Å². The molecule has 1 aromatic rings. The lowest BCUT2D eigenvalue weighted by Gasteiger charge is -2.48. The first-order valence-electron chi connectivity index (χ1n) is 10.8. The van der Waals surface area contributed by atoms with Crippen LogP contribution < -0.4 is 4.90 Å². The maximum Gasteiger partial charge on any atom is 0.0805 e. The number of unbranched alkanes of at least 4 members (excludes halogenated alkanes) is 3. The third kappa shape index (κ3) is 6.42. The monoisotopic (exact) mass is 391 g/mol. The molecule has 2 nitrogen and oxygen atoms in total. The molecule has 1 aliphatic heterocycles. The van der Waals surface area contributed by atoms with Crippen LogP contribution in [0.15, 0.2) is 24.3 Å². The molecule has 0 aromatic heterocycles. The summed E-state index contributed by atoms with van der Waals surface area (Å²) in [6.07, 6.45) is 7.33. The van der Waals surface area contributed by atoms with Crippen LogP contribution in [0, 0.1) is 0 Å². The van der Waals surface area contributed by atoms with Crippen molar-refractivity contribution in [3.05, 3.63) is 29.8 Å². The lowest BCUT2D eigenvalue weighted by molar-refractivity contribution is 0.191. The molecule has 1 aliphatic rings. The first kappa shape index (κ1) is 22.6. The van der Waals surface area contributed by atoms with Gasteiger partial charge in [0.2, 0.25) is 0 Å². The molecule has 0 radical (unpaired) electrons. The number of thioether (sulfide) groups is 1. The number of para-hydroxylation sites is 1. The number of anilines is 1. The van der Waals surface area contributed by atoms with Crippen LogP contribution >= 0.6 is 11.8 Å². The van der Waals surface area contributed by atoms with Gasteiger partial charge in [0, 0.05) is 28.3 Å². The molecule has 2 unspecified atom stereocenters. The molecule has 2 atom stereocenters. The molecule has 1 heterocycles. The van der Waals surface area contributed by atoms with E-state index in [1.54, 1.807) is 0 Å². The molecular weight excluding hydrogens is 350 g/mol. The van der Waals surface area contributed by atoms with E-state index in [-0.39, 0.29) is 16.4 Å². The Labute approximate surface area is 172 Å². The van der Waals surface area contributed by atoms with Crippen LogP contribution in [0.2, 0.25) is 0 Å². The minimum atomic E-state index is -0.300. The Kier molecular flexibility index (Phi) is 8.12. The number of fused-ring (bicyclic) bond motifs is 1. The maximum absolute atomic E-state index is 10.8. The molecular formula is C24H41NOS. The van der Waals surface area contributed by atoms with Crippen molar-refractivity contribution in [3.8, 4) is 0 Å². The quantitative estimate of drug-likeness (QED) is 0.453. The Bertz CT molecular complexity index is 583. The number of rotatable bonds is 10. The average molecular weight is 392 g/mol. The number of hydrogen-bond acceptors (Lipinski definition) is 3. The third-order valence-corrected chi connectivity index (χ3v) is 7.52. The van der Waals surface area contributed by atoms with Crippen LogP contribution in [0.1, 0.15) is 91.5 Å². The predicted octanol–water partition coefficient (Wildman–Crippen LogP) is 6.62. The van der Waals surface area contributed by atoms with Gasteiger partial charge in [0.05, 0.1) is 6.10 Å². The maximum atomic E-state index is 10.8. The van der Waals surface area contributed by atoms with E-state index in [1.165, 1.54) is 43.4 Å². The molecule has 27 heavy (non-hydrogen) atoms. The van der Waals surface area contributed by atoms with Crippen LogP contribution in [0.5, 0.6) is 0 Å². The Morgan fingerprint density at radius 2 is 1.93 bits per heavy atom. The SMILES string of the molecule is CCCCCCC(C)(C)SCC(O)CN1c2ccccc2C(C)CC1(C)C. The summed E-state index contributed by atoms with van der Waals surface area (Å²) < 4.78 is 0.249. The van der Waals surface area contributed by atoms with Gasteiger partial charge in [0.25, 0.3) is 0 Å². The molecule has 1 N–H and O–H groups in total. The van der Waals surface area contributed by atoms with Gasteiger partial charge in [-0.1, -0.05) is 71.6 Å². The minimum absolute atomic E-state index is 0.0785. The number of nitrogens with zero attached hydrogens (tertiary/aromatic N) is 1. The van der Waals surface area contributed by atoms with Gasteiger partial charge in [0.1, 0.15) is 0 Å². The lowest BCUT2D eigenvalue weighted by atomic mass is 9.80. The minimum Gasteiger partial charge on any atom is -0.390 e. The Balaban J connectivity index is 1.94. The fourth-order valence-electron chi connectivity index (χ4n) is 4.43. The summed E-state index contributed by atoms with van der Waals surface area (Å²) in [6.45, 7) is 14.6. The summed E-state index contributed by atoms with van der Waals surface area (Å²) >= 11 is 1.94. The van der Waals surface area contributed by atoms with Crippen LogP contribution in [-0.4, -0.2) is 33.8 Å². The normalized spacial score (nSPS) is 20.4. The van der Waals surface area contributed by atoms with Crippen LogP contribution in [-0.2, 0) is 0 Å². The second-order valence-corrected chi connectivity index (χ2v) is 11.3. The summed E-state index contributed by atoms with van der Waals surface area (Å²) in [4.78, 5) is 2.45. The van der Waals surface area contributed by atoms with Gasteiger partial charge in [-0.05, 0) is 44.2 Å².